The van der Waals surface area contributed by atoms with E-state index in [2.05, 4.69) is 18.2 Å². The Morgan fingerprint density at radius 1 is 1.06 bits per heavy atom. The molecule has 1 heterocycles. The first-order valence-electron chi connectivity index (χ1n) is 12.6. The van der Waals surface area contributed by atoms with Crippen LogP contribution < -0.4 is 0 Å². The quantitative estimate of drug-likeness (QED) is 0.456. The highest BCUT2D eigenvalue weighted by Gasteiger charge is 2.44. The van der Waals surface area contributed by atoms with Gasteiger partial charge in [-0.15, -0.1) is 0 Å². The molecular formula is C29H35FO2. The Labute approximate surface area is 191 Å². The minimum absolute atomic E-state index is 0.0873. The van der Waals surface area contributed by atoms with Gasteiger partial charge in [0.2, 0.25) is 0 Å². The van der Waals surface area contributed by atoms with Crippen LogP contribution in [0.5, 0.6) is 0 Å². The Morgan fingerprint density at radius 3 is 2.56 bits per heavy atom. The lowest BCUT2D eigenvalue weighted by molar-refractivity contribution is -0.150. The van der Waals surface area contributed by atoms with Gasteiger partial charge in [-0.3, -0.25) is 4.79 Å². The van der Waals surface area contributed by atoms with Crippen LogP contribution in [0.2, 0.25) is 0 Å². The molecule has 1 aliphatic heterocycles. The molecule has 0 aromatic heterocycles. The van der Waals surface area contributed by atoms with E-state index in [0.717, 1.165) is 24.8 Å². The van der Waals surface area contributed by atoms with Crippen LogP contribution in [0.15, 0.2) is 47.6 Å². The number of carbonyl (C=O) groups excluding carboxylic acids is 1. The van der Waals surface area contributed by atoms with Gasteiger partial charge in [0.25, 0.3) is 0 Å². The topological polar surface area (TPSA) is 26.3 Å². The van der Waals surface area contributed by atoms with Gasteiger partial charge in [-0.25, -0.2) is 4.39 Å². The highest BCUT2D eigenvalue weighted by molar-refractivity contribution is 5.82. The predicted octanol–water partition coefficient (Wildman–Crippen LogP) is 7.62. The molecule has 3 heteroatoms. The van der Waals surface area contributed by atoms with E-state index in [4.69, 9.17) is 4.74 Å². The van der Waals surface area contributed by atoms with E-state index in [-0.39, 0.29) is 23.3 Å². The number of ether oxygens (including phenoxy) is 1. The predicted molar refractivity (Wildman–Crippen MR) is 126 cm³/mol. The van der Waals surface area contributed by atoms with Gasteiger partial charge in [-0.1, -0.05) is 49.5 Å². The molecule has 1 unspecified atom stereocenters. The zero-order valence-electron chi connectivity index (χ0n) is 19.3. The molecule has 1 atom stereocenters. The van der Waals surface area contributed by atoms with Crippen LogP contribution >= 0.6 is 0 Å². The van der Waals surface area contributed by atoms with Crippen molar-refractivity contribution in [3.8, 4) is 0 Å². The highest BCUT2D eigenvalue weighted by atomic mass is 19.1. The Bertz CT molecular complexity index is 973. The molecule has 1 saturated heterocycles. The summed E-state index contributed by atoms with van der Waals surface area (Å²) in [4.78, 5) is 11.8. The van der Waals surface area contributed by atoms with Gasteiger partial charge in [-0.2, -0.15) is 0 Å². The lowest BCUT2D eigenvalue weighted by Gasteiger charge is -2.48. The maximum absolute atomic E-state index is 14.1. The second kappa shape index (κ2) is 9.00. The van der Waals surface area contributed by atoms with E-state index in [9.17, 15) is 9.18 Å². The van der Waals surface area contributed by atoms with E-state index < -0.39 is 0 Å². The molecular weight excluding hydrogens is 399 g/mol. The average Bonchev–Trinajstić information content (AvgIpc) is 2.78. The van der Waals surface area contributed by atoms with Gasteiger partial charge in [0, 0.05) is 6.42 Å². The van der Waals surface area contributed by atoms with Crippen molar-refractivity contribution in [3.63, 3.8) is 0 Å². The number of cyclic esters (lactones) is 1. The van der Waals surface area contributed by atoms with Crippen molar-refractivity contribution in [2.75, 3.05) is 0 Å². The highest BCUT2D eigenvalue weighted by Crippen LogP contribution is 2.58. The van der Waals surface area contributed by atoms with Crippen LogP contribution in [-0.2, 0) is 9.53 Å². The minimum Gasteiger partial charge on any atom is -0.458 e. The second-order valence-corrected chi connectivity index (χ2v) is 10.4. The second-order valence-electron chi connectivity index (χ2n) is 10.4. The average molecular weight is 435 g/mol. The molecule has 0 radical (unpaired) electrons. The molecule has 0 bridgehead atoms. The molecule has 2 nitrogen and oxygen atoms in total. The number of halogens is 1. The van der Waals surface area contributed by atoms with Crippen LogP contribution in [-0.4, -0.2) is 12.1 Å². The molecule has 3 fully saturated rings. The Kier molecular flexibility index (Phi) is 6.09. The van der Waals surface area contributed by atoms with Gasteiger partial charge in [0.15, 0.2) is 0 Å². The summed E-state index contributed by atoms with van der Waals surface area (Å²) in [5.41, 5.74) is 6.24. The maximum Gasteiger partial charge on any atom is 0.306 e. The summed E-state index contributed by atoms with van der Waals surface area (Å²) < 4.78 is 19.7. The van der Waals surface area contributed by atoms with Gasteiger partial charge < -0.3 is 4.74 Å². The smallest absolute Gasteiger partial charge is 0.306 e. The van der Waals surface area contributed by atoms with Crippen molar-refractivity contribution in [2.45, 2.75) is 90.1 Å². The van der Waals surface area contributed by atoms with Crippen LogP contribution in [0.4, 0.5) is 4.39 Å². The zero-order valence-corrected chi connectivity index (χ0v) is 19.3. The van der Waals surface area contributed by atoms with Gasteiger partial charge in [-0.05, 0) is 104 Å². The minimum atomic E-state index is -0.147. The summed E-state index contributed by atoms with van der Waals surface area (Å²) >= 11 is 0. The lowest BCUT2D eigenvalue weighted by Crippen LogP contribution is -2.35. The molecule has 170 valence electrons. The first-order chi connectivity index (χ1) is 15.5. The molecule has 3 aliphatic carbocycles. The SMILES string of the molecule is Cc1cc(C2=C(C=CC3CCCC(=O)O3)C3(CCC3)CC(C3CCCCC3)=C2)ccc1F. The summed E-state index contributed by atoms with van der Waals surface area (Å²) in [5, 5.41) is 0. The molecule has 1 aromatic rings. The molecule has 4 aliphatic rings. The molecule has 32 heavy (non-hydrogen) atoms. The molecule has 0 amide bonds. The van der Waals surface area contributed by atoms with Crippen LogP contribution in [0, 0.1) is 24.1 Å². The number of hydrogen-bond donors (Lipinski definition) is 0. The molecule has 1 aromatic carbocycles. The van der Waals surface area contributed by atoms with E-state index in [0.29, 0.717) is 17.9 Å². The Morgan fingerprint density at radius 2 is 1.88 bits per heavy atom. The summed E-state index contributed by atoms with van der Waals surface area (Å²) in [5.74, 6) is 0.463. The van der Waals surface area contributed by atoms with Gasteiger partial charge in [0.05, 0.1) is 0 Å². The fourth-order valence-corrected chi connectivity index (χ4v) is 6.26. The van der Waals surface area contributed by atoms with E-state index in [1.54, 1.807) is 11.6 Å². The molecule has 0 N–H and O–H groups in total. The molecule has 5 rings (SSSR count). The van der Waals surface area contributed by atoms with Gasteiger partial charge >= 0.3 is 5.97 Å². The molecule has 1 spiro atoms. The van der Waals surface area contributed by atoms with Crippen molar-refractivity contribution in [3.05, 3.63) is 64.5 Å². The standard InChI is InChI=1S/C29H35FO2/c1-20-17-22(11-14-27(20)30)25-18-23(21-7-3-2-4-8-21)19-29(15-6-16-29)26(25)13-12-24-9-5-10-28(31)32-24/h11-14,17-18,21,24H,2-10,15-16,19H2,1H3. The monoisotopic (exact) mass is 434 g/mol. The summed E-state index contributed by atoms with van der Waals surface area (Å²) in [6.45, 7) is 1.85. The third-order valence-corrected chi connectivity index (χ3v) is 8.27. The van der Waals surface area contributed by atoms with Crippen molar-refractivity contribution in [1.29, 1.82) is 0 Å². The number of carbonyl (C=O) groups is 1. The number of aryl methyl sites for hydroxylation is 1. The summed E-state index contributed by atoms with van der Waals surface area (Å²) in [6.07, 6.45) is 20.5. The first-order valence-corrected chi connectivity index (χ1v) is 12.6. The normalized spacial score (nSPS) is 26.2. The maximum atomic E-state index is 14.1. The van der Waals surface area contributed by atoms with Crippen LogP contribution in [0.1, 0.15) is 88.2 Å². The number of hydrogen-bond acceptors (Lipinski definition) is 2. The zero-order chi connectivity index (χ0) is 22.1. The summed E-state index contributed by atoms with van der Waals surface area (Å²) in [7, 11) is 0. The molecule has 2 saturated carbocycles. The van der Waals surface area contributed by atoms with Crippen LogP contribution in [0.25, 0.3) is 5.57 Å². The fourth-order valence-electron chi connectivity index (χ4n) is 6.26. The lowest BCUT2D eigenvalue weighted by atomic mass is 9.56. The van der Waals surface area contributed by atoms with E-state index in [1.807, 2.05) is 19.1 Å². The van der Waals surface area contributed by atoms with Crippen molar-refractivity contribution in [2.24, 2.45) is 11.3 Å². The Hall–Kier alpha value is -2.16. The van der Waals surface area contributed by atoms with Crippen LogP contribution in [0.3, 0.4) is 0 Å². The number of rotatable bonds is 4. The van der Waals surface area contributed by atoms with E-state index >= 15 is 0 Å². The van der Waals surface area contributed by atoms with Crippen molar-refractivity contribution in [1.82, 2.24) is 0 Å². The first kappa shape index (κ1) is 21.7. The third-order valence-electron chi connectivity index (χ3n) is 8.27. The van der Waals surface area contributed by atoms with E-state index in [1.165, 1.54) is 62.5 Å². The fraction of sp³-hybridized carbons (Fsp3) is 0.552. The number of benzene rings is 1. The Balaban J connectivity index is 1.58. The largest absolute Gasteiger partial charge is 0.458 e. The number of allylic oxidation sites excluding steroid dienone is 5. The van der Waals surface area contributed by atoms with Crippen molar-refractivity contribution < 1.29 is 13.9 Å². The van der Waals surface area contributed by atoms with Gasteiger partial charge in [0.1, 0.15) is 11.9 Å². The summed E-state index contributed by atoms with van der Waals surface area (Å²) in [6, 6.07) is 5.56. The van der Waals surface area contributed by atoms with Crippen molar-refractivity contribution >= 4 is 11.5 Å². The number of esters is 1. The third kappa shape index (κ3) is 4.23.